The van der Waals surface area contributed by atoms with E-state index in [0.29, 0.717) is 12.8 Å². The van der Waals surface area contributed by atoms with E-state index in [4.69, 9.17) is 4.74 Å². The summed E-state index contributed by atoms with van der Waals surface area (Å²) in [6.07, 6.45) is -0.118. The fourth-order valence-corrected chi connectivity index (χ4v) is 2.37. The van der Waals surface area contributed by atoms with E-state index in [9.17, 15) is 19.2 Å². The van der Waals surface area contributed by atoms with E-state index in [1.54, 1.807) is 27.7 Å². The molecule has 1 aliphatic rings. The van der Waals surface area contributed by atoms with Crippen LogP contribution in [-0.2, 0) is 19.1 Å². The fourth-order valence-electron chi connectivity index (χ4n) is 2.37. The van der Waals surface area contributed by atoms with Gasteiger partial charge in [0.15, 0.2) is 6.10 Å². The summed E-state index contributed by atoms with van der Waals surface area (Å²) >= 11 is 0. The Morgan fingerprint density at radius 3 is 2.22 bits per heavy atom. The van der Waals surface area contributed by atoms with Gasteiger partial charge < -0.3 is 15.4 Å². The van der Waals surface area contributed by atoms with Crippen LogP contribution in [0.2, 0.25) is 0 Å². The third-order valence-corrected chi connectivity index (χ3v) is 3.85. The van der Waals surface area contributed by atoms with Crippen molar-refractivity contribution in [1.82, 2.24) is 15.5 Å². The van der Waals surface area contributed by atoms with E-state index in [1.165, 1.54) is 6.92 Å². The summed E-state index contributed by atoms with van der Waals surface area (Å²) in [5.41, 5.74) is -0.960. The van der Waals surface area contributed by atoms with Gasteiger partial charge in [0, 0.05) is 6.04 Å². The van der Waals surface area contributed by atoms with Crippen molar-refractivity contribution in [1.29, 1.82) is 0 Å². The number of carbonyl (C=O) groups is 4. The first-order valence-electron chi connectivity index (χ1n) is 7.80. The summed E-state index contributed by atoms with van der Waals surface area (Å²) in [4.78, 5) is 48.7. The number of nitrogens with one attached hydrogen (secondary N) is 2. The number of hydrogen-bond acceptors (Lipinski definition) is 5. The van der Waals surface area contributed by atoms with E-state index in [0.717, 1.165) is 4.90 Å². The third kappa shape index (κ3) is 4.20. The number of carbonyl (C=O) groups excluding carboxylic acids is 4. The van der Waals surface area contributed by atoms with Crippen molar-refractivity contribution in [3.63, 3.8) is 0 Å². The predicted molar refractivity (Wildman–Crippen MR) is 82.4 cm³/mol. The normalized spacial score (nSPS) is 17.9. The Kier molecular flexibility index (Phi) is 6.12. The highest BCUT2D eigenvalue weighted by Gasteiger charge is 2.49. The van der Waals surface area contributed by atoms with E-state index < -0.39 is 42.0 Å². The molecule has 0 spiro atoms. The minimum atomic E-state index is -0.993. The molecule has 130 valence electrons. The van der Waals surface area contributed by atoms with Crippen LogP contribution in [0.4, 0.5) is 4.79 Å². The van der Waals surface area contributed by atoms with Gasteiger partial charge >= 0.3 is 12.0 Å². The average molecular weight is 327 g/mol. The number of imide groups is 1. The van der Waals surface area contributed by atoms with Crippen molar-refractivity contribution in [2.24, 2.45) is 0 Å². The zero-order chi connectivity index (χ0) is 17.8. The molecule has 23 heavy (non-hydrogen) atoms. The molecule has 0 aliphatic carbocycles. The maximum Gasteiger partial charge on any atom is 0.327 e. The van der Waals surface area contributed by atoms with E-state index >= 15 is 0 Å². The van der Waals surface area contributed by atoms with Crippen molar-refractivity contribution in [3.05, 3.63) is 0 Å². The molecule has 1 fully saturated rings. The quantitative estimate of drug-likeness (QED) is 0.525. The lowest BCUT2D eigenvalue weighted by Crippen LogP contribution is -2.46. The van der Waals surface area contributed by atoms with Crippen molar-refractivity contribution < 1.29 is 23.9 Å². The van der Waals surface area contributed by atoms with Gasteiger partial charge in [0.2, 0.25) is 0 Å². The van der Waals surface area contributed by atoms with Gasteiger partial charge in [-0.2, -0.15) is 0 Å². The van der Waals surface area contributed by atoms with Crippen LogP contribution >= 0.6 is 0 Å². The number of rotatable bonds is 7. The molecule has 8 nitrogen and oxygen atoms in total. The number of nitrogens with zero attached hydrogens (tertiary/aromatic N) is 1. The number of ether oxygens (including phenoxy) is 1. The lowest BCUT2D eigenvalue weighted by molar-refractivity contribution is -0.156. The summed E-state index contributed by atoms with van der Waals surface area (Å²) in [6.45, 7) is 8.09. The number of urea groups is 1. The van der Waals surface area contributed by atoms with Gasteiger partial charge in [-0.15, -0.1) is 0 Å². The van der Waals surface area contributed by atoms with Crippen LogP contribution in [0, 0.1) is 0 Å². The summed E-state index contributed by atoms with van der Waals surface area (Å²) in [7, 11) is 0. The van der Waals surface area contributed by atoms with Crippen molar-refractivity contribution in [3.8, 4) is 0 Å². The summed E-state index contributed by atoms with van der Waals surface area (Å²) in [6, 6.07) is -0.695. The Balaban J connectivity index is 2.66. The highest BCUT2D eigenvalue weighted by Crippen LogP contribution is 2.24. The van der Waals surface area contributed by atoms with Gasteiger partial charge in [-0.1, -0.05) is 13.8 Å². The lowest BCUT2D eigenvalue weighted by Gasteiger charge is -2.23. The predicted octanol–water partition coefficient (Wildman–Crippen LogP) is 0.553. The molecule has 0 radical (unpaired) electrons. The Morgan fingerprint density at radius 2 is 1.78 bits per heavy atom. The molecule has 1 saturated heterocycles. The van der Waals surface area contributed by atoms with Gasteiger partial charge in [-0.25, -0.2) is 4.79 Å². The van der Waals surface area contributed by atoms with Gasteiger partial charge in [-0.3, -0.25) is 19.3 Å². The second-order valence-electron chi connectivity index (χ2n) is 5.91. The average Bonchev–Trinajstić information content (AvgIpc) is 2.71. The summed E-state index contributed by atoms with van der Waals surface area (Å²) in [5.74, 6) is -1.67. The topological polar surface area (TPSA) is 105 Å². The molecule has 1 rings (SSSR count). The van der Waals surface area contributed by atoms with Crippen LogP contribution in [-0.4, -0.2) is 52.9 Å². The third-order valence-electron chi connectivity index (χ3n) is 3.85. The first-order chi connectivity index (χ1) is 10.7. The number of amides is 4. The second kappa shape index (κ2) is 7.43. The smallest absolute Gasteiger partial charge is 0.327 e. The molecular formula is C15H25N3O5. The van der Waals surface area contributed by atoms with Crippen LogP contribution in [0.15, 0.2) is 0 Å². The Bertz CT molecular complexity index is 499. The van der Waals surface area contributed by atoms with Gasteiger partial charge in [0.25, 0.3) is 11.8 Å². The van der Waals surface area contributed by atoms with Gasteiger partial charge in [0.05, 0.1) is 0 Å². The number of esters is 1. The molecule has 1 heterocycles. The molecule has 2 N–H and O–H groups in total. The van der Waals surface area contributed by atoms with Crippen molar-refractivity contribution in [2.45, 2.75) is 65.1 Å². The maximum absolute atomic E-state index is 12.4. The second-order valence-corrected chi connectivity index (χ2v) is 5.91. The highest BCUT2D eigenvalue weighted by atomic mass is 16.5. The van der Waals surface area contributed by atoms with E-state index in [-0.39, 0.29) is 6.04 Å². The molecule has 1 aliphatic heterocycles. The first-order valence-corrected chi connectivity index (χ1v) is 7.80. The zero-order valence-corrected chi connectivity index (χ0v) is 14.3. The monoisotopic (exact) mass is 327 g/mol. The number of hydrogen-bond donors (Lipinski definition) is 2. The Morgan fingerprint density at radius 1 is 1.22 bits per heavy atom. The zero-order valence-electron chi connectivity index (χ0n) is 14.3. The minimum absolute atomic E-state index is 0.0793. The summed E-state index contributed by atoms with van der Waals surface area (Å²) < 4.78 is 4.98. The fraction of sp³-hybridized carbons (Fsp3) is 0.733. The van der Waals surface area contributed by atoms with E-state index in [1.807, 2.05) is 0 Å². The minimum Gasteiger partial charge on any atom is -0.451 e. The molecule has 0 unspecified atom stereocenters. The van der Waals surface area contributed by atoms with Gasteiger partial charge in [-0.05, 0) is 33.6 Å². The van der Waals surface area contributed by atoms with Gasteiger partial charge in [0.1, 0.15) is 12.1 Å². The molecule has 0 aromatic heterocycles. The van der Waals surface area contributed by atoms with Crippen molar-refractivity contribution >= 4 is 23.8 Å². The standard InChI is InChI=1S/C15H25N3O5/c1-6-15(7-2)13(21)18(14(22)17-15)8-11(19)23-10(5)12(20)16-9(3)4/h9-10H,6-8H2,1-5H3,(H,16,20)(H,17,22)/t10-/m1/s1. The molecule has 0 aromatic rings. The molecule has 8 heteroatoms. The molecule has 4 amide bonds. The van der Waals surface area contributed by atoms with Crippen LogP contribution < -0.4 is 10.6 Å². The van der Waals surface area contributed by atoms with Crippen LogP contribution in [0.3, 0.4) is 0 Å². The lowest BCUT2D eigenvalue weighted by atomic mass is 9.93. The van der Waals surface area contributed by atoms with Crippen LogP contribution in [0.25, 0.3) is 0 Å². The molecule has 0 saturated carbocycles. The van der Waals surface area contributed by atoms with Crippen LogP contribution in [0.1, 0.15) is 47.5 Å². The maximum atomic E-state index is 12.4. The first kappa shape index (κ1) is 18.9. The SMILES string of the molecule is CCC1(CC)NC(=O)N(CC(=O)O[C@H](C)C(=O)NC(C)C)C1=O. The highest BCUT2D eigenvalue weighted by molar-refractivity contribution is 6.08. The molecule has 1 atom stereocenters. The van der Waals surface area contributed by atoms with Crippen molar-refractivity contribution in [2.75, 3.05) is 6.54 Å². The molecular weight excluding hydrogens is 302 g/mol. The molecule has 0 aromatic carbocycles. The van der Waals surface area contributed by atoms with Crippen LogP contribution in [0.5, 0.6) is 0 Å². The Labute approximate surface area is 135 Å². The Hall–Kier alpha value is -2.12. The largest absolute Gasteiger partial charge is 0.451 e. The molecule has 0 bridgehead atoms. The van der Waals surface area contributed by atoms with E-state index in [2.05, 4.69) is 10.6 Å². The summed E-state index contributed by atoms with van der Waals surface area (Å²) in [5, 5.41) is 5.24.